The van der Waals surface area contributed by atoms with Gasteiger partial charge in [-0.1, -0.05) is 0 Å². The Morgan fingerprint density at radius 2 is 1.68 bits per heavy atom. The van der Waals surface area contributed by atoms with Gasteiger partial charge in [-0.25, -0.2) is 30.7 Å². The zero-order valence-electron chi connectivity index (χ0n) is 13.4. The van der Waals surface area contributed by atoms with Gasteiger partial charge in [-0.3, -0.25) is 0 Å². The molecule has 0 spiro atoms. The maximum atomic E-state index is 13.7. The third-order valence-corrected chi connectivity index (χ3v) is 5.51. The SMILES string of the molecule is COCC1(CNS(=O)(=O)c2c(F)c(F)cc(F)c2F)CCNCC1.Cl. The minimum absolute atomic E-state index is 0. The van der Waals surface area contributed by atoms with E-state index >= 15 is 0 Å². The predicted octanol–water partition coefficient (Wildman–Crippen LogP) is 1.96. The summed E-state index contributed by atoms with van der Waals surface area (Å²) < 4.78 is 85.4. The first-order valence-electron chi connectivity index (χ1n) is 7.25. The van der Waals surface area contributed by atoms with Crippen molar-refractivity contribution in [1.82, 2.24) is 10.0 Å². The van der Waals surface area contributed by atoms with Gasteiger partial charge in [-0.15, -0.1) is 12.4 Å². The summed E-state index contributed by atoms with van der Waals surface area (Å²) in [5.41, 5.74) is -0.564. The highest BCUT2D eigenvalue weighted by Gasteiger charge is 2.36. The predicted molar refractivity (Wildman–Crippen MR) is 85.1 cm³/mol. The van der Waals surface area contributed by atoms with Crippen LogP contribution in [0.4, 0.5) is 17.6 Å². The van der Waals surface area contributed by atoms with E-state index in [0.29, 0.717) is 25.9 Å². The lowest BCUT2D eigenvalue weighted by Gasteiger charge is -2.37. The normalized spacial score (nSPS) is 17.2. The van der Waals surface area contributed by atoms with Crippen LogP contribution in [0.2, 0.25) is 0 Å². The lowest BCUT2D eigenvalue weighted by Crippen LogP contribution is -2.47. The molecule has 5 nitrogen and oxygen atoms in total. The first-order valence-corrected chi connectivity index (χ1v) is 8.73. The van der Waals surface area contributed by atoms with Crippen molar-refractivity contribution in [1.29, 1.82) is 0 Å². The minimum atomic E-state index is -4.78. The Balaban J connectivity index is 0.00000312. The first kappa shape index (κ1) is 22.1. The fraction of sp³-hybridized carbons (Fsp3) is 0.571. The summed E-state index contributed by atoms with van der Waals surface area (Å²) >= 11 is 0. The van der Waals surface area contributed by atoms with Crippen molar-refractivity contribution in [2.24, 2.45) is 5.41 Å². The standard InChI is InChI=1S/C14H18F4N2O3S.ClH/c1-23-8-14(2-4-19-5-3-14)7-20-24(21,22)13-11(17)9(15)6-10(16)12(13)18;/h6,19-20H,2-5,7-8H2,1H3;1H. The number of piperidine rings is 1. The van der Waals surface area contributed by atoms with Gasteiger partial charge in [0.2, 0.25) is 10.0 Å². The average molecular weight is 407 g/mol. The second-order valence-corrected chi connectivity index (χ2v) is 7.51. The van der Waals surface area contributed by atoms with Gasteiger partial charge in [0.05, 0.1) is 6.61 Å². The van der Waals surface area contributed by atoms with Gasteiger partial charge in [0.1, 0.15) is 0 Å². The Kier molecular flexibility index (Phi) is 7.63. The van der Waals surface area contributed by atoms with E-state index in [-0.39, 0.29) is 31.6 Å². The maximum Gasteiger partial charge on any atom is 0.246 e. The van der Waals surface area contributed by atoms with Crippen molar-refractivity contribution in [3.63, 3.8) is 0 Å². The van der Waals surface area contributed by atoms with Crippen LogP contribution >= 0.6 is 12.4 Å². The van der Waals surface area contributed by atoms with Crippen LogP contribution in [0.15, 0.2) is 11.0 Å². The molecular weight excluding hydrogens is 388 g/mol. The summed E-state index contributed by atoms with van der Waals surface area (Å²) in [6.07, 6.45) is 1.15. The fourth-order valence-electron chi connectivity index (χ4n) is 2.74. The minimum Gasteiger partial charge on any atom is -0.384 e. The number of methoxy groups -OCH3 is 1. The summed E-state index contributed by atoms with van der Waals surface area (Å²) in [5.74, 6) is -7.45. The Hall–Kier alpha value is -0.940. The molecule has 1 heterocycles. The number of rotatable bonds is 6. The van der Waals surface area contributed by atoms with Crippen molar-refractivity contribution >= 4 is 22.4 Å². The Morgan fingerprint density at radius 3 is 2.16 bits per heavy atom. The van der Waals surface area contributed by atoms with E-state index in [1.54, 1.807) is 0 Å². The Labute approximate surface area is 149 Å². The van der Waals surface area contributed by atoms with E-state index in [2.05, 4.69) is 10.0 Å². The highest BCUT2D eigenvalue weighted by molar-refractivity contribution is 7.89. The summed E-state index contributed by atoms with van der Waals surface area (Å²) in [7, 11) is -3.32. The molecule has 1 aromatic carbocycles. The third-order valence-electron chi connectivity index (χ3n) is 4.09. The van der Waals surface area contributed by atoms with E-state index in [1.807, 2.05) is 0 Å². The van der Waals surface area contributed by atoms with Crippen LogP contribution < -0.4 is 10.0 Å². The lowest BCUT2D eigenvalue weighted by molar-refractivity contribution is 0.0577. The number of sulfonamides is 1. The van der Waals surface area contributed by atoms with E-state index in [0.717, 1.165) is 0 Å². The van der Waals surface area contributed by atoms with Crippen molar-refractivity contribution in [2.45, 2.75) is 17.7 Å². The van der Waals surface area contributed by atoms with Crippen LogP contribution in [0, 0.1) is 28.7 Å². The van der Waals surface area contributed by atoms with Crippen LogP contribution in [0.1, 0.15) is 12.8 Å². The number of ether oxygens (including phenoxy) is 1. The zero-order valence-corrected chi connectivity index (χ0v) is 15.0. The number of benzene rings is 1. The molecule has 1 saturated heterocycles. The molecule has 0 radical (unpaired) electrons. The van der Waals surface area contributed by atoms with Crippen LogP contribution in [0.3, 0.4) is 0 Å². The summed E-state index contributed by atoms with van der Waals surface area (Å²) in [6, 6.07) is -0.0388. The van der Waals surface area contributed by atoms with Gasteiger partial charge in [0.25, 0.3) is 0 Å². The number of nitrogens with one attached hydrogen (secondary N) is 2. The van der Waals surface area contributed by atoms with E-state index < -0.39 is 43.6 Å². The quantitative estimate of drug-likeness (QED) is 0.560. The molecule has 2 rings (SSSR count). The first-order chi connectivity index (χ1) is 11.2. The summed E-state index contributed by atoms with van der Waals surface area (Å²) in [6.45, 7) is 1.33. The van der Waals surface area contributed by atoms with Gasteiger partial charge in [-0.05, 0) is 25.9 Å². The van der Waals surface area contributed by atoms with Gasteiger partial charge < -0.3 is 10.1 Å². The molecule has 0 aliphatic carbocycles. The number of halogens is 5. The van der Waals surface area contributed by atoms with Crippen molar-refractivity contribution < 1.29 is 30.7 Å². The van der Waals surface area contributed by atoms with Crippen LogP contribution in [0.25, 0.3) is 0 Å². The molecule has 0 atom stereocenters. The van der Waals surface area contributed by atoms with Crippen molar-refractivity contribution in [3.05, 3.63) is 29.3 Å². The smallest absolute Gasteiger partial charge is 0.246 e. The molecular formula is C14H19ClF4N2O3S. The van der Waals surface area contributed by atoms with Crippen molar-refractivity contribution in [3.8, 4) is 0 Å². The van der Waals surface area contributed by atoms with Gasteiger partial charge in [0, 0.05) is 25.1 Å². The second kappa shape index (κ2) is 8.63. The summed E-state index contributed by atoms with van der Waals surface area (Å²) in [5, 5.41) is 3.11. The van der Waals surface area contributed by atoms with Crippen LogP contribution in [-0.4, -0.2) is 41.8 Å². The zero-order chi connectivity index (χ0) is 18.0. The number of hydrogen-bond acceptors (Lipinski definition) is 4. The van der Waals surface area contributed by atoms with E-state index in [4.69, 9.17) is 4.74 Å². The topological polar surface area (TPSA) is 67.4 Å². The molecule has 0 aromatic heterocycles. The molecule has 144 valence electrons. The highest BCUT2D eigenvalue weighted by Crippen LogP contribution is 2.30. The molecule has 11 heteroatoms. The van der Waals surface area contributed by atoms with Gasteiger partial charge >= 0.3 is 0 Å². The van der Waals surface area contributed by atoms with E-state index in [9.17, 15) is 26.0 Å². The highest BCUT2D eigenvalue weighted by atomic mass is 35.5. The molecule has 0 bridgehead atoms. The molecule has 0 amide bonds. The Bertz CT molecular complexity index is 681. The molecule has 0 saturated carbocycles. The van der Waals surface area contributed by atoms with Gasteiger partial charge in [-0.2, -0.15) is 0 Å². The molecule has 0 unspecified atom stereocenters. The molecule has 1 aliphatic rings. The number of hydrogen-bond donors (Lipinski definition) is 2. The fourth-order valence-corrected chi connectivity index (χ4v) is 4.05. The molecule has 1 aliphatic heterocycles. The Morgan fingerprint density at radius 1 is 1.16 bits per heavy atom. The second-order valence-electron chi connectivity index (χ2n) is 5.80. The van der Waals surface area contributed by atoms with E-state index in [1.165, 1.54) is 7.11 Å². The largest absolute Gasteiger partial charge is 0.384 e. The monoisotopic (exact) mass is 406 g/mol. The molecule has 1 fully saturated rings. The summed E-state index contributed by atoms with van der Waals surface area (Å²) in [4.78, 5) is -1.65. The van der Waals surface area contributed by atoms with Crippen LogP contribution in [-0.2, 0) is 14.8 Å². The van der Waals surface area contributed by atoms with Gasteiger partial charge in [0.15, 0.2) is 28.2 Å². The average Bonchev–Trinajstić information content (AvgIpc) is 2.53. The molecule has 1 aromatic rings. The third kappa shape index (κ3) is 4.82. The molecule has 25 heavy (non-hydrogen) atoms. The van der Waals surface area contributed by atoms with Crippen molar-refractivity contribution in [2.75, 3.05) is 33.4 Å². The maximum absolute atomic E-state index is 13.7. The lowest BCUT2D eigenvalue weighted by atomic mass is 9.80. The van der Waals surface area contributed by atoms with Crippen LogP contribution in [0.5, 0.6) is 0 Å². The molecule has 2 N–H and O–H groups in total.